The molecule has 260 valence electrons. The normalized spacial score (nSPS) is 36.5. The molecule has 0 unspecified atom stereocenters. The molecule has 3 fully saturated rings. The average Bonchev–Trinajstić information content (AvgIpc) is 3.29. The van der Waals surface area contributed by atoms with Gasteiger partial charge in [0, 0.05) is 11.8 Å². The van der Waals surface area contributed by atoms with E-state index in [9.17, 15) is 5.11 Å². The molecule has 4 rings (SSSR count). The van der Waals surface area contributed by atoms with Crippen molar-refractivity contribution < 1.29 is 14.0 Å². The third-order valence-electron chi connectivity index (χ3n) is 15.0. The van der Waals surface area contributed by atoms with Crippen LogP contribution in [0.25, 0.3) is 0 Å². The topological polar surface area (TPSA) is 38.7 Å². The Labute approximate surface area is 282 Å². The fourth-order valence-corrected chi connectivity index (χ4v) is 15.3. The summed E-state index contributed by atoms with van der Waals surface area (Å²) >= 11 is 0. The van der Waals surface area contributed by atoms with Gasteiger partial charge in [0.2, 0.25) is 0 Å². The molecule has 0 amide bonds. The van der Waals surface area contributed by atoms with E-state index in [1.54, 1.807) is 5.57 Å². The molecule has 0 aromatic rings. The molecule has 1 N–H and O–H groups in total. The Morgan fingerprint density at radius 3 is 2.13 bits per heavy atom. The smallest absolute Gasteiger partial charge is 0.192 e. The highest BCUT2D eigenvalue weighted by Gasteiger charge is 2.62. The van der Waals surface area contributed by atoms with Crippen molar-refractivity contribution in [2.75, 3.05) is 0 Å². The van der Waals surface area contributed by atoms with E-state index < -0.39 is 22.2 Å². The van der Waals surface area contributed by atoms with Crippen LogP contribution in [0.1, 0.15) is 141 Å². The fraction of sp³-hybridized carbons (Fsp3) is 0.900. The maximum Gasteiger partial charge on any atom is 0.192 e. The highest BCUT2D eigenvalue weighted by molar-refractivity contribution is 6.74. The first-order valence-corrected chi connectivity index (χ1v) is 24.6. The molecule has 5 heteroatoms. The minimum atomic E-state index is -1.91. The van der Waals surface area contributed by atoms with E-state index >= 15 is 0 Å². The molecule has 8 atom stereocenters. The van der Waals surface area contributed by atoms with Crippen LogP contribution in [0, 0.1) is 34.5 Å². The first-order chi connectivity index (χ1) is 20.6. The zero-order valence-electron chi connectivity index (χ0n) is 32.3. The van der Waals surface area contributed by atoms with E-state index in [1.165, 1.54) is 68.7 Å². The standard InChI is InChI=1S/C40H74O3Si2/c1-15-45(16-2,17-3)43-37(8,9)25-18-19-29(4)33-22-23-34-32-21-20-30-27-31(42-44(13,14)36(5,6)7)28-39(11,41)40(30,12)35(32)24-26-38(33,34)10/h20-21,29,31,33-35,41H,15-19,22-28H2,1-14H3/t29-,31-,33-,34+,35+,38-,39+,40+/m1/s1. The van der Waals surface area contributed by atoms with Crippen LogP contribution < -0.4 is 0 Å². The van der Waals surface area contributed by atoms with E-state index in [-0.39, 0.29) is 22.2 Å². The summed E-state index contributed by atoms with van der Waals surface area (Å²) in [5.41, 5.74) is 2.51. The van der Waals surface area contributed by atoms with Crippen LogP contribution in [-0.4, -0.2) is 39.0 Å². The Hall–Kier alpha value is -0.206. The van der Waals surface area contributed by atoms with Gasteiger partial charge in [-0.2, -0.15) is 0 Å². The fourth-order valence-electron chi connectivity index (χ4n) is 10.7. The number of hydrogen-bond donors (Lipinski definition) is 1. The van der Waals surface area contributed by atoms with Crippen LogP contribution in [0.15, 0.2) is 23.3 Å². The molecule has 0 aromatic carbocycles. The molecule has 4 aliphatic carbocycles. The molecule has 0 heterocycles. The Balaban J connectivity index is 1.47. The van der Waals surface area contributed by atoms with Crippen molar-refractivity contribution >= 4 is 16.6 Å². The van der Waals surface area contributed by atoms with Crippen LogP contribution in [0.5, 0.6) is 0 Å². The second-order valence-corrected chi connectivity index (χ2v) is 28.5. The third-order valence-corrected chi connectivity index (χ3v) is 24.4. The van der Waals surface area contributed by atoms with Gasteiger partial charge in [0.25, 0.3) is 0 Å². The van der Waals surface area contributed by atoms with Gasteiger partial charge in [-0.3, -0.25) is 0 Å². The molecule has 0 saturated heterocycles. The average molecular weight is 659 g/mol. The second-order valence-electron chi connectivity index (χ2n) is 19.1. The molecule has 0 aromatic heterocycles. The SMILES string of the molecule is CC[Si](CC)(CC)OC(C)(C)CCC[C@@H](C)[C@H]1CC[C@H]2C3=CC=C4C[C@@H](O[Si](C)(C)C(C)(C)C)C[C@](C)(O)[C@]4(C)[C@H]3CC[C@]12C. The van der Waals surface area contributed by atoms with Crippen LogP contribution >= 0.6 is 0 Å². The van der Waals surface area contributed by atoms with Crippen LogP contribution in [-0.2, 0) is 8.85 Å². The van der Waals surface area contributed by atoms with E-state index in [1.807, 2.05) is 0 Å². The van der Waals surface area contributed by atoms with Crippen molar-refractivity contribution in [3.63, 3.8) is 0 Å². The Morgan fingerprint density at radius 2 is 1.56 bits per heavy atom. The molecule has 45 heavy (non-hydrogen) atoms. The predicted octanol–water partition coefficient (Wildman–Crippen LogP) is 11.8. The number of fused-ring (bicyclic) bond motifs is 5. The van der Waals surface area contributed by atoms with Crippen molar-refractivity contribution in [1.82, 2.24) is 0 Å². The molecular formula is C40H74O3Si2. The molecule has 0 aliphatic heterocycles. The van der Waals surface area contributed by atoms with Crippen molar-refractivity contribution in [1.29, 1.82) is 0 Å². The summed E-state index contributed by atoms with van der Waals surface area (Å²) in [6.07, 6.45) is 15.7. The van der Waals surface area contributed by atoms with Crippen molar-refractivity contribution in [2.24, 2.45) is 34.5 Å². The molecule has 0 spiro atoms. The predicted molar refractivity (Wildman–Crippen MR) is 199 cm³/mol. The molecule has 3 saturated carbocycles. The van der Waals surface area contributed by atoms with Gasteiger partial charge in [0.15, 0.2) is 16.6 Å². The van der Waals surface area contributed by atoms with Gasteiger partial charge in [-0.05, 0) is 125 Å². The first kappa shape index (κ1) is 37.6. The van der Waals surface area contributed by atoms with Crippen molar-refractivity contribution in [2.45, 2.75) is 194 Å². The van der Waals surface area contributed by atoms with Gasteiger partial charge in [-0.1, -0.05) is 98.5 Å². The van der Waals surface area contributed by atoms with Crippen LogP contribution in [0.3, 0.4) is 0 Å². The Morgan fingerprint density at radius 1 is 0.933 bits per heavy atom. The van der Waals surface area contributed by atoms with Crippen molar-refractivity contribution in [3.8, 4) is 0 Å². The minimum Gasteiger partial charge on any atom is -0.414 e. The maximum atomic E-state index is 12.3. The molecule has 0 radical (unpaired) electrons. The molecule has 3 nitrogen and oxygen atoms in total. The quantitative estimate of drug-likeness (QED) is 0.212. The van der Waals surface area contributed by atoms with E-state index in [4.69, 9.17) is 8.85 Å². The Bertz CT molecular complexity index is 1100. The summed E-state index contributed by atoms with van der Waals surface area (Å²) in [5, 5.41) is 12.5. The largest absolute Gasteiger partial charge is 0.414 e. The summed E-state index contributed by atoms with van der Waals surface area (Å²) in [6.45, 7) is 33.2. The second kappa shape index (κ2) is 12.9. The lowest BCUT2D eigenvalue weighted by molar-refractivity contribution is -0.122. The number of aliphatic hydroxyl groups is 1. The van der Waals surface area contributed by atoms with Gasteiger partial charge < -0.3 is 14.0 Å². The molecule has 4 aliphatic rings. The summed E-state index contributed by atoms with van der Waals surface area (Å²) in [4.78, 5) is 0. The first-order valence-electron chi connectivity index (χ1n) is 19.1. The zero-order chi connectivity index (χ0) is 33.9. The molecule has 0 bridgehead atoms. The van der Waals surface area contributed by atoms with Gasteiger partial charge in [0.1, 0.15) is 0 Å². The van der Waals surface area contributed by atoms with Gasteiger partial charge >= 0.3 is 0 Å². The highest BCUT2D eigenvalue weighted by atomic mass is 28.4. The molecular weight excluding hydrogens is 585 g/mol. The van der Waals surface area contributed by atoms with Gasteiger partial charge in [-0.25, -0.2) is 0 Å². The van der Waals surface area contributed by atoms with E-state index in [0.29, 0.717) is 17.3 Å². The minimum absolute atomic E-state index is 0.00772. The van der Waals surface area contributed by atoms with Crippen LogP contribution in [0.4, 0.5) is 0 Å². The lowest BCUT2D eigenvalue weighted by atomic mass is 9.46. The van der Waals surface area contributed by atoms with E-state index in [0.717, 1.165) is 24.7 Å². The zero-order valence-corrected chi connectivity index (χ0v) is 34.3. The highest BCUT2D eigenvalue weighted by Crippen LogP contribution is 2.68. The number of rotatable bonds is 12. The lowest BCUT2D eigenvalue weighted by Gasteiger charge is -2.60. The Kier molecular flexibility index (Phi) is 10.8. The monoisotopic (exact) mass is 659 g/mol. The van der Waals surface area contributed by atoms with Crippen molar-refractivity contribution in [3.05, 3.63) is 23.3 Å². The van der Waals surface area contributed by atoms with Gasteiger partial charge in [-0.15, -0.1) is 0 Å². The van der Waals surface area contributed by atoms with E-state index in [2.05, 4.69) is 108 Å². The summed E-state index contributed by atoms with van der Waals surface area (Å²) in [6, 6.07) is 3.69. The maximum absolute atomic E-state index is 12.3. The van der Waals surface area contributed by atoms with Crippen LogP contribution in [0.2, 0.25) is 36.3 Å². The number of allylic oxidation sites excluding steroid dienone is 3. The number of hydrogen-bond acceptors (Lipinski definition) is 3. The lowest BCUT2D eigenvalue weighted by Crippen LogP contribution is -2.60. The summed E-state index contributed by atoms with van der Waals surface area (Å²) in [5.74, 6) is 2.64. The summed E-state index contributed by atoms with van der Waals surface area (Å²) < 4.78 is 13.9. The third kappa shape index (κ3) is 6.83. The summed E-state index contributed by atoms with van der Waals surface area (Å²) in [7, 11) is -3.51. The van der Waals surface area contributed by atoms with Gasteiger partial charge in [0.05, 0.1) is 17.3 Å².